The molecule has 3 nitrogen and oxygen atoms in total. The third-order valence-electron chi connectivity index (χ3n) is 5.69. The zero-order chi connectivity index (χ0) is 14.3. The Morgan fingerprint density at radius 1 is 1.20 bits per heavy atom. The average molecular weight is 274 g/mol. The van der Waals surface area contributed by atoms with Crippen LogP contribution in [0.3, 0.4) is 0 Å². The maximum absolute atomic E-state index is 12.6. The summed E-state index contributed by atoms with van der Waals surface area (Å²) in [4.78, 5) is 14.6. The summed E-state index contributed by atoms with van der Waals surface area (Å²) in [7, 11) is 0. The van der Waals surface area contributed by atoms with Crippen LogP contribution in [0.2, 0.25) is 0 Å². The van der Waals surface area contributed by atoms with Crippen LogP contribution in [0, 0.1) is 35.0 Å². The first-order valence-electron chi connectivity index (χ1n) is 8.20. The number of rotatable bonds is 4. The van der Waals surface area contributed by atoms with Gasteiger partial charge in [-0.15, -0.1) is 0 Å². The average Bonchev–Trinajstić information content (AvgIpc) is 2.32. The molecule has 0 spiro atoms. The van der Waals surface area contributed by atoms with Gasteiger partial charge in [-0.2, -0.15) is 5.26 Å². The second-order valence-corrected chi connectivity index (χ2v) is 7.88. The maximum atomic E-state index is 12.6. The molecule has 4 aliphatic carbocycles. The van der Waals surface area contributed by atoms with Crippen LogP contribution in [0.15, 0.2) is 0 Å². The van der Waals surface area contributed by atoms with Crippen LogP contribution in [0.4, 0.5) is 0 Å². The summed E-state index contributed by atoms with van der Waals surface area (Å²) in [6, 6.07) is 2.25. The van der Waals surface area contributed by atoms with E-state index in [1.165, 1.54) is 19.3 Å². The molecule has 4 fully saturated rings. The van der Waals surface area contributed by atoms with Gasteiger partial charge in [-0.3, -0.25) is 4.79 Å². The zero-order valence-corrected chi connectivity index (χ0v) is 12.8. The van der Waals surface area contributed by atoms with Gasteiger partial charge in [-0.05, 0) is 62.2 Å². The van der Waals surface area contributed by atoms with Gasteiger partial charge < -0.3 is 4.90 Å². The van der Waals surface area contributed by atoms with Gasteiger partial charge in [-0.1, -0.05) is 13.8 Å². The highest BCUT2D eigenvalue weighted by Gasteiger charge is 2.54. The van der Waals surface area contributed by atoms with E-state index in [-0.39, 0.29) is 18.0 Å². The fourth-order valence-electron chi connectivity index (χ4n) is 5.45. The second-order valence-electron chi connectivity index (χ2n) is 7.88. The molecule has 1 amide bonds. The van der Waals surface area contributed by atoms with Crippen molar-refractivity contribution in [1.82, 2.24) is 4.90 Å². The summed E-state index contributed by atoms with van der Waals surface area (Å²) in [5, 5.41) is 9.18. The monoisotopic (exact) mass is 274 g/mol. The summed E-state index contributed by atoms with van der Waals surface area (Å²) in [5.74, 6) is 3.03. The van der Waals surface area contributed by atoms with Crippen molar-refractivity contribution in [2.75, 3.05) is 6.54 Å². The van der Waals surface area contributed by atoms with Crippen molar-refractivity contribution in [3.63, 3.8) is 0 Å². The Kier molecular flexibility index (Phi) is 3.52. The molecule has 0 aliphatic heterocycles. The van der Waals surface area contributed by atoms with Crippen molar-refractivity contribution in [3.05, 3.63) is 0 Å². The van der Waals surface area contributed by atoms with E-state index in [9.17, 15) is 10.1 Å². The summed E-state index contributed by atoms with van der Waals surface area (Å²) in [6.45, 7) is 4.46. The van der Waals surface area contributed by atoms with Gasteiger partial charge in [-0.25, -0.2) is 0 Å². The van der Waals surface area contributed by atoms with Crippen molar-refractivity contribution in [2.45, 2.75) is 64.3 Å². The van der Waals surface area contributed by atoms with Crippen LogP contribution in [0.25, 0.3) is 0 Å². The molecule has 0 radical (unpaired) electrons. The Morgan fingerprint density at radius 2 is 1.70 bits per heavy atom. The van der Waals surface area contributed by atoms with Crippen molar-refractivity contribution >= 4 is 5.91 Å². The van der Waals surface area contributed by atoms with Crippen LogP contribution in [0.1, 0.15) is 58.8 Å². The highest BCUT2D eigenvalue weighted by Crippen LogP contribution is 2.57. The molecule has 0 aromatic heterocycles. The number of nitriles is 1. The summed E-state index contributed by atoms with van der Waals surface area (Å²) in [5.41, 5.74) is 0.0381. The molecular weight excluding hydrogens is 248 g/mol. The molecule has 0 unspecified atom stereocenters. The van der Waals surface area contributed by atoms with Crippen molar-refractivity contribution in [2.24, 2.45) is 23.7 Å². The number of carbonyl (C=O) groups excluding carboxylic acids is 1. The van der Waals surface area contributed by atoms with Crippen LogP contribution < -0.4 is 0 Å². The molecule has 0 aromatic carbocycles. The van der Waals surface area contributed by atoms with Gasteiger partial charge in [0.25, 0.3) is 0 Å². The fraction of sp³-hybridized carbons (Fsp3) is 0.882. The fourth-order valence-corrected chi connectivity index (χ4v) is 5.45. The lowest BCUT2D eigenvalue weighted by molar-refractivity contribution is -0.150. The molecule has 0 N–H and O–H groups in total. The Bertz CT molecular complexity index is 399. The first-order chi connectivity index (χ1) is 9.52. The number of amides is 1. The highest BCUT2D eigenvalue weighted by molar-refractivity contribution is 5.77. The van der Waals surface area contributed by atoms with E-state index in [0.717, 1.165) is 37.0 Å². The lowest BCUT2D eigenvalue weighted by atomic mass is 9.52. The maximum Gasteiger partial charge on any atom is 0.224 e. The van der Waals surface area contributed by atoms with Crippen LogP contribution >= 0.6 is 0 Å². The third kappa shape index (κ3) is 2.34. The Hall–Kier alpha value is -1.04. The first-order valence-corrected chi connectivity index (χ1v) is 8.20. The quantitative estimate of drug-likeness (QED) is 0.738. The minimum absolute atomic E-state index is 0.0381. The predicted octanol–water partition coefficient (Wildman–Crippen LogP) is 3.35. The van der Waals surface area contributed by atoms with Gasteiger partial charge in [0.1, 0.15) is 6.54 Å². The molecular formula is C17H26N2O. The van der Waals surface area contributed by atoms with E-state index in [1.54, 1.807) is 0 Å². The Morgan fingerprint density at radius 3 is 2.10 bits per heavy atom. The number of hydrogen-bond donors (Lipinski definition) is 0. The highest BCUT2D eigenvalue weighted by atomic mass is 16.2. The second kappa shape index (κ2) is 5.06. The van der Waals surface area contributed by atoms with E-state index < -0.39 is 0 Å². The molecule has 0 saturated heterocycles. The molecule has 4 bridgehead atoms. The molecule has 4 saturated carbocycles. The van der Waals surface area contributed by atoms with Crippen LogP contribution in [-0.2, 0) is 4.79 Å². The topological polar surface area (TPSA) is 44.1 Å². The molecule has 20 heavy (non-hydrogen) atoms. The Labute approximate surface area is 122 Å². The van der Waals surface area contributed by atoms with Crippen molar-refractivity contribution in [1.29, 1.82) is 5.26 Å². The van der Waals surface area contributed by atoms with Gasteiger partial charge in [0.15, 0.2) is 0 Å². The normalized spacial score (nSPS) is 38.0. The summed E-state index contributed by atoms with van der Waals surface area (Å²) in [6.07, 6.45) is 8.18. The minimum atomic E-state index is 0.0381. The van der Waals surface area contributed by atoms with Gasteiger partial charge in [0.2, 0.25) is 5.91 Å². The van der Waals surface area contributed by atoms with Gasteiger partial charge >= 0.3 is 0 Å². The van der Waals surface area contributed by atoms with E-state index in [4.69, 9.17) is 0 Å². The lowest BCUT2D eigenvalue weighted by Gasteiger charge is -2.60. The molecule has 3 heteroatoms. The summed E-state index contributed by atoms with van der Waals surface area (Å²) >= 11 is 0. The molecule has 4 aliphatic rings. The molecule has 4 rings (SSSR count). The predicted molar refractivity (Wildman–Crippen MR) is 77.7 cm³/mol. The number of nitrogens with zero attached hydrogens (tertiary/aromatic N) is 2. The molecule has 110 valence electrons. The van der Waals surface area contributed by atoms with Gasteiger partial charge in [0, 0.05) is 12.0 Å². The largest absolute Gasteiger partial charge is 0.324 e. The van der Waals surface area contributed by atoms with Crippen LogP contribution in [0.5, 0.6) is 0 Å². The molecule has 0 aromatic rings. The molecule has 0 heterocycles. The van der Waals surface area contributed by atoms with Gasteiger partial charge in [0.05, 0.1) is 6.07 Å². The van der Waals surface area contributed by atoms with E-state index in [1.807, 2.05) is 4.90 Å². The first kappa shape index (κ1) is 13.9. The SMILES string of the molecule is CC(C)CC(=O)N(CC#N)C12CC3CC(CC(C3)C1)C2. The third-order valence-corrected chi connectivity index (χ3v) is 5.69. The lowest BCUT2D eigenvalue weighted by Crippen LogP contribution is -2.61. The standard InChI is InChI=1S/C17H26N2O/c1-12(2)5-16(20)19(4-3-18)17-9-13-6-14(10-17)8-15(7-13)11-17/h12-15H,4-11H2,1-2H3. The molecule has 0 atom stereocenters. The zero-order valence-electron chi connectivity index (χ0n) is 12.8. The minimum Gasteiger partial charge on any atom is -0.324 e. The summed E-state index contributed by atoms with van der Waals surface area (Å²) < 4.78 is 0. The van der Waals surface area contributed by atoms with Crippen molar-refractivity contribution < 1.29 is 4.79 Å². The van der Waals surface area contributed by atoms with Crippen LogP contribution in [-0.4, -0.2) is 22.9 Å². The number of hydrogen-bond acceptors (Lipinski definition) is 2. The number of carbonyl (C=O) groups is 1. The van der Waals surface area contributed by atoms with E-state index >= 15 is 0 Å². The van der Waals surface area contributed by atoms with E-state index in [0.29, 0.717) is 12.3 Å². The Balaban J connectivity index is 1.83. The smallest absolute Gasteiger partial charge is 0.224 e. The van der Waals surface area contributed by atoms with E-state index in [2.05, 4.69) is 19.9 Å². The van der Waals surface area contributed by atoms with Crippen molar-refractivity contribution in [3.8, 4) is 6.07 Å².